The molecule has 2 rings (SSSR count). The molecule has 1 fully saturated rings. The Morgan fingerprint density at radius 2 is 2.11 bits per heavy atom. The van der Waals surface area contributed by atoms with Gasteiger partial charge in [-0.1, -0.05) is 12.1 Å². The van der Waals surface area contributed by atoms with Gasteiger partial charge in [-0.25, -0.2) is 5.21 Å². The monoisotopic (exact) mass is 265 g/mol. The molecule has 19 heavy (non-hydrogen) atoms. The summed E-state index contributed by atoms with van der Waals surface area (Å²) >= 11 is 0. The van der Waals surface area contributed by atoms with Crippen LogP contribution in [-0.2, 0) is 0 Å². The molecule has 4 nitrogen and oxygen atoms in total. The number of likely N-dealkylation sites (tertiary alicyclic amines) is 1. The highest BCUT2D eigenvalue weighted by atomic mass is 16.5. The molecular weight excluding hydrogens is 240 g/mol. The van der Waals surface area contributed by atoms with Crippen molar-refractivity contribution < 1.29 is 14.6 Å². The van der Waals surface area contributed by atoms with Gasteiger partial charge in [-0.3, -0.25) is 0 Å². The fraction of sp³-hybridized carbons (Fsp3) is 0.600. The zero-order chi connectivity index (χ0) is 13.7. The van der Waals surface area contributed by atoms with E-state index in [-0.39, 0.29) is 10.7 Å². The molecule has 1 saturated heterocycles. The fourth-order valence-corrected chi connectivity index (χ4v) is 2.69. The van der Waals surface area contributed by atoms with E-state index in [1.54, 1.807) is 0 Å². The highest BCUT2D eigenvalue weighted by molar-refractivity contribution is 5.29. The third-order valence-corrected chi connectivity index (χ3v) is 4.02. The average Bonchev–Trinajstić information content (AvgIpc) is 2.87. The number of rotatable bonds is 6. The number of nitrogens with two attached hydrogens (primary N) is 1. The van der Waals surface area contributed by atoms with E-state index >= 15 is 0 Å². The molecule has 1 aromatic rings. The van der Waals surface area contributed by atoms with Crippen LogP contribution in [-0.4, -0.2) is 36.1 Å². The van der Waals surface area contributed by atoms with Crippen molar-refractivity contribution in [1.82, 2.24) is 0 Å². The van der Waals surface area contributed by atoms with Gasteiger partial charge in [0.15, 0.2) is 0 Å². The van der Waals surface area contributed by atoms with Gasteiger partial charge in [0, 0.05) is 18.4 Å². The quantitative estimate of drug-likeness (QED) is 0.613. The van der Waals surface area contributed by atoms with E-state index in [2.05, 4.69) is 13.0 Å². The van der Waals surface area contributed by atoms with Crippen molar-refractivity contribution in [2.24, 2.45) is 5.73 Å². The number of nitrogens with zero attached hydrogens (tertiary/aromatic N) is 1. The van der Waals surface area contributed by atoms with E-state index in [4.69, 9.17) is 10.5 Å². The van der Waals surface area contributed by atoms with Crippen LogP contribution < -0.4 is 10.5 Å². The van der Waals surface area contributed by atoms with Crippen LogP contribution >= 0.6 is 0 Å². The summed E-state index contributed by atoms with van der Waals surface area (Å²) in [5, 5.41) is 10.6. The maximum atomic E-state index is 10.6. The van der Waals surface area contributed by atoms with Crippen LogP contribution in [0.25, 0.3) is 0 Å². The third-order valence-electron chi connectivity index (χ3n) is 4.02. The molecule has 0 aliphatic carbocycles. The number of hydroxylamine groups is 3. The first kappa shape index (κ1) is 14.3. The summed E-state index contributed by atoms with van der Waals surface area (Å²) in [4.78, 5) is 0. The number of benzene rings is 1. The Bertz CT molecular complexity index is 403. The molecule has 1 aromatic carbocycles. The SMILES string of the molecule is CC(c1cccc(OCCCN)c1)[N+]1(O)CCCC1. The van der Waals surface area contributed by atoms with Crippen molar-refractivity contribution >= 4 is 0 Å². The van der Waals surface area contributed by atoms with Gasteiger partial charge in [0.2, 0.25) is 0 Å². The second-order valence-electron chi connectivity index (χ2n) is 5.38. The molecule has 1 heterocycles. The van der Waals surface area contributed by atoms with Gasteiger partial charge < -0.3 is 10.5 Å². The van der Waals surface area contributed by atoms with Crippen molar-refractivity contribution in [2.45, 2.75) is 32.2 Å². The lowest BCUT2D eigenvalue weighted by Gasteiger charge is -2.31. The molecule has 1 unspecified atom stereocenters. The summed E-state index contributed by atoms with van der Waals surface area (Å²) in [6.07, 6.45) is 3.07. The first-order chi connectivity index (χ1) is 9.15. The maximum Gasteiger partial charge on any atom is 0.142 e. The van der Waals surface area contributed by atoms with Crippen LogP contribution in [0.15, 0.2) is 24.3 Å². The van der Waals surface area contributed by atoms with Crippen molar-refractivity contribution in [3.8, 4) is 5.75 Å². The van der Waals surface area contributed by atoms with E-state index in [0.29, 0.717) is 13.2 Å². The Morgan fingerprint density at radius 3 is 2.79 bits per heavy atom. The normalized spacial score (nSPS) is 19.3. The van der Waals surface area contributed by atoms with Gasteiger partial charge in [0.25, 0.3) is 0 Å². The molecule has 0 radical (unpaired) electrons. The van der Waals surface area contributed by atoms with Crippen LogP contribution in [0.3, 0.4) is 0 Å². The molecule has 1 atom stereocenters. The fourth-order valence-electron chi connectivity index (χ4n) is 2.69. The molecule has 0 amide bonds. The van der Waals surface area contributed by atoms with Crippen LogP contribution in [0.4, 0.5) is 0 Å². The molecule has 0 bridgehead atoms. The molecule has 1 aliphatic rings. The molecule has 0 spiro atoms. The zero-order valence-electron chi connectivity index (χ0n) is 11.7. The summed E-state index contributed by atoms with van der Waals surface area (Å²) in [5.74, 6) is 0.864. The Morgan fingerprint density at radius 1 is 1.37 bits per heavy atom. The highest BCUT2D eigenvalue weighted by Crippen LogP contribution is 2.32. The molecule has 4 heteroatoms. The predicted octanol–water partition coefficient (Wildman–Crippen LogP) is 2.48. The van der Waals surface area contributed by atoms with Crippen LogP contribution in [0.5, 0.6) is 5.75 Å². The van der Waals surface area contributed by atoms with Crippen molar-refractivity contribution in [1.29, 1.82) is 0 Å². The van der Waals surface area contributed by atoms with Gasteiger partial charge >= 0.3 is 0 Å². The molecule has 0 saturated carbocycles. The third kappa shape index (κ3) is 3.47. The standard InChI is InChI=1S/C15H25N2O2/c1-13(17(18)9-2-3-10-17)14-6-4-7-15(12-14)19-11-5-8-16/h4,6-7,12-13,18H,2-3,5,8-11,16H2,1H3/q+1. The Hall–Kier alpha value is -1.10. The van der Waals surface area contributed by atoms with E-state index in [1.165, 1.54) is 0 Å². The number of quaternary nitrogens is 1. The van der Waals surface area contributed by atoms with Crippen molar-refractivity contribution in [2.75, 3.05) is 26.2 Å². The molecule has 0 aromatic heterocycles. The second-order valence-corrected chi connectivity index (χ2v) is 5.38. The summed E-state index contributed by atoms with van der Waals surface area (Å²) in [6, 6.07) is 8.15. The zero-order valence-corrected chi connectivity index (χ0v) is 11.7. The van der Waals surface area contributed by atoms with E-state index in [0.717, 1.165) is 43.7 Å². The van der Waals surface area contributed by atoms with Crippen LogP contribution in [0.2, 0.25) is 0 Å². The summed E-state index contributed by atoms with van der Waals surface area (Å²) in [7, 11) is 0. The first-order valence-electron chi connectivity index (χ1n) is 7.18. The van der Waals surface area contributed by atoms with E-state index in [1.807, 2.05) is 18.2 Å². The van der Waals surface area contributed by atoms with Gasteiger partial charge in [0.05, 0.1) is 6.61 Å². The highest BCUT2D eigenvalue weighted by Gasteiger charge is 2.37. The van der Waals surface area contributed by atoms with Crippen LogP contribution in [0, 0.1) is 0 Å². The molecule has 1 aliphatic heterocycles. The van der Waals surface area contributed by atoms with E-state index < -0.39 is 0 Å². The van der Waals surface area contributed by atoms with Gasteiger partial charge in [-0.15, -0.1) is 0 Å². The first-order valence-corrected chi connectivity index (χ1v) is 7.18. The summed E-state index contributed by atoms with van der Waals surface area (Å²) in [5.41, 5.74) is 6.59. The minimum absolute atomic E-state index is 0.0977. The van der Waals surface area contributed by atoms with Gasteiger partial charge in [-0.2, -0.15) is 4.65 Å². The predicted molar refractivity (Wildman–Crippen MR) is 75.0 cm³/mol. The number of ether oxygens (including phenoxy) is 1. The topological polar surface area (TPSA) is 55.5 Å². The molecule has 106 valence electrons. The Kier molecular flexibility index (Phi) is 4.80. The van der Waals surface area contributed by atoms with Crippen molar-refractivity contribution in [3.63, 3.8) is 0 Å². The van der Waals surface area contributed by atoms with Gasteiger partial charge in [0.1, 0.15) is 24.9 Å². The lowest BCUT2D eigenvalue weighted by molar-refractivity contribution is -1.12. The lowest BCUT2D eigenvalue weighted by atomic mass is 10.1. The Labute approximate surface area is 115 Å². The minimum atomic E-state index is 0.0977. The number of hydrogen-bond acceptors (Lipinski definition) is 3. The summed E-state index contributed by atoms with van der Waals surface area (Å²) in [6.45, 7) is 5.07. The smallest absolute Gasteiger partial charge is 0.142 e. The average molecular weight is 265 g/mol. The molecular formula is C15H25N2O2+. The van der Waals surface area contributed by atoms with Crippen molar-refractivity contribution in [3.05, 3.63) is 29.8 Å². The maximum absolute atomic E-state index is 10.6. The van der Waals surface area contributed by atoms with E-state index in [9.17, 15) is 5.21 Å². The molecule has 3 N–H and O–H groups in total. The van der Waals surface area contributed by atoms with Crippen LogP contribution in [0.1, 0.15) is 37.8 Å². The lowest BCUT2D eigenvalue weighted by Crippen LogP contribution is -2.43. The number of hydrogen-bond donors (Lipinski definition) is 2. The summed E-state index contributed by atoms with van der Waals surface area (Å²) < 4.78 is 5.82. The largest absolute Gasteiger partial charge is 0.494 e. The minimum Gasteiger partial charge on any atom is -0.494 e. The van der Waals surface area contributed by atoms with Gasteiger partial charge in [-0.05, 0) is 32.0 Å². The Balaban J connectivity index is 2.05. The second kappa shape index (κ2) is 6.37.